The second kappa shape index (κ2) is 9.57. The first-order chi connectivity index (χ1) is 13.3. The highest BCUT2D eigenvalue weighted by atomic mass is 19.4. The zero-order valence-electron chi connectivity index (χ0n) is 17.7. The molecule has 0 saturated heterocycles. The maximum absolute atomic E-state index is 14.1. The van der Waals surface area contributed by atoms with Gasteiger partial charge in [0.1, 0.15) is 11.9 Å². The van der Waals surface area contributed by atoms with Crippen LogP contribution in [0.15, 0.2) is 42.5 Å². The summed E-state index contributed by atoms with van der Waals surface area (Å²) >= 11 is 0. The van der Waals surface area contributed by atoms with Gasteiger partial charge in [-0.05, 0) is 6.92 Å². The van der Waals surface area contributed by atoms with E-state index >= 15 is 0 Å². The van der Waals surface area contributed by atoms with E-state index in [1.807, 2.05) is 0 Å². The fraction of sp³-hybridized carbons (Fsp3) is 0.545. The molecule has 29 heavy (non-hydrogen) atoms. The fourth-order valence-corrected chi connectivity index (χ4v) is 2.86. The third-order valence-corrected chi connectivity index (χ3v) is 4.74. The first-order valence-corrected chi connectivity index (χ1v) is 9.35. The minimum absolute atomic E-state index is 0.201. The summed E-state index contributed by atoms with van der Waals surface area (Å²) in [5.41, 5.74) is -4.39. The molecule has 0 aromatic heterocycles. The average Bonchev–Trinajstić information content (AvgIpc) is 2.61. The molecule has 0 unspecified atom stereocenters. The molecule has 1 aromatic rings. The Hall–Kier alpha value is -2.15. The van der Waals surface area contributed by atoms with Gasteiger partial charge >= 0.3 is 12.1 Å². The highest BCUT2D eigenvalue weighted by Crippen LogP contribution is 2.43. The largest absolute Gasteiger partial charge is 0.459 e. The van der Waals surface area contributed by atoms with Crippen LogP contribution in [0.4, 0.5) is 13.2 Å². The number of benzene rings is 1. The molecule has 4 nitrogen and oxygen atoms in total. The Balaban J connectivity index is 3.37. The van der Waals surface area contributed by atoms with Gasteiger partial charge in [0.2, 0.25) is 0 Å². The number of ketones is 1. The summed E-state index contributed by atoms with van der Waals surface area (Å²) in [5.74, 6) is -2.28. The molecule has 0 saturated carbocycles. The smallest absolute Gasteiger partial charge is 0.432 e. The summed E-state index contributed by atoms with van der Waals surface area (Å²) < 4.78 is 52.2. The lowest BCUT2D eigenvalue weighted by atomic mass is 9.85. The third kappa shape index (κ3) is 5.69. The normalized spacial score (nSPS) is 16.9. The molecule has 0 bridgehead atoms. The van der Waals surface area contributed by atoms with Gasteiger partial charge in [0.25, 0.3) is 5.60 Å². The van der Waals surface area contributed by atoms with Crippen LogP contribution >= 0.6 is 0 Å². The predicted octanol–water partition coefficient (Wildman–Crippen LogP) is 5.22. The van der Waals surface area contributed by atoms with E-state index in [-0.39, 0.29) is 17.8 Å². The lowest BCUT2D eigenvalue weighted by Crippen LogP contribution is -2.53. The first-order valence-electron chi connectivity index (χ1n) is 9.35. The monoisotopic (exact) mass is 414 g/mol. The topological polar surface area (TPSA) is 52.6 Å². The zero-order chi connectivity index (χ0) is 22.5. The van der Waals surface area contributed by atoms with Gasteiger partial charge in [0.15, 0.2) is 0 Å². The van der Waals surface area contributed by atoms with E-state index in [1.54, 1.807) is 46.8 Å². The van der Waals surface area contributed by atoms with Crippen molar-refractivity contribution in [1.82, 2.24) is 0 Å². The van der Waals surface area contributed by atoms with Gasteiger partial charge in [0.05, 0.1) is 0 Å². The number of Topliss-reactive ketones (excluding diaryl/α,β-unsaturated/α-hetero) is 1. The van der Waals surface area contributed by atoms with Crippen molar-refractivity contribution >= 4 is 11.8 Å². The number of esters is 1. The summed E-state index contributed by atoms with van der Waals surface area (Å²) in [7, 11) is 0.812. The van der Waals surface area contributed by atoms with Crippen LogP contribution in [-0.2, 0) is 24.7 Å². The average molecular weight is 414 g/mol. The van der Waals surface area contributed by atoms with Crippen molar-refractivity contribution in [3.8, 4) is 0 Å². The molecule has 1 rings (SSSR count). The third-order valence-electron chi connectivity index (χ3n) is 4.74. The van der Waals surface area contributed by atoms with Crippen LogP contribution < -0.4 is 0 Å². The molecule has 0 heterocycles. The summed E-state index contributed by atoms with van der Waals surface area (Å²) in [6.45, 7) is 8.52. The number of carbonyl (C=O) groups excluding carboxylic acids is 2. The fourth-order valence-electron chi connectivity index (χ4n) is 2.86. The lowest BCUT2D eigenvalue weighted by Gasteiger charge is -2.35. The quantitative estimate of drug-likeness (QED) is 0.432. The second-order valence-electron chi connectivity index (χ2n) is 7.96. The van der Waals surface area contributed by atoms with Gasteiger partial charge in [-0.3, -0.25) is 4.79 Å². The molecule has 0 aliphatic heterocycles. The number of allylic oxidation sites excluding steroid dienone is 1. The molecular formula is C22H29F3O4. The molecular weight excluding hydrogens is 385 g/mol. The maximum atomic E-state index is 14.1. The molecule has 1 aromatic carbocycles. The Kier molecular flexibility index (Phi) is 8.21. The number of hydrogen-bond donors (Lipinski definition) is 0. The van der Waals surface area contributed by atoms with Gasteiger partial charge in [0, 0.05) is 30.4 Å². The molecule has 0 N–H and O–H groups in total. The van der Waals surface area contributed by atoms with E-state index in [9.17, 15) is 22.8 Å². The molecule has 162 valence electrons. The molecule has 7 heteroatoms. The number of methoxy groups -OCH3 is 1. The van der Waals surface area contributed by atoms with Crippen LogP contribution in [0.5, 0.6) is 0 Å². The van der Waals surface area contributed by atoms with Crippen LogP contribution in [0.2, 0.25) is 0 Å². The van der Waals surface area contributed by atoms with Crippen LogP contribution in [0.1, 0.15) is 46.6 Å². The molecule has 0 aliphatic rings. The summed E-state index contributed by atoms with van der Waals surface area (Å²) in [6.07, 6.45) is -2.96. The number of halogens is 3. The Labute approximate surface area is 170 Å². The molecule has 0 radical (unpaired) electrons. The highest BCUT2D eigenvalue weighted by molar-refractivity contribution is 5.86. The first kappa shape index (κ1) is 24.9. The minimum atomic E-state index is -5.07. The van der Waals surface area contributed by atoms with Crippen molar-refractivity contribution in [2.75, 3.05) is 7.11 Å². The van der Waals surface area contributed by atoms with Crippen LogP contribution in [0.25, 0.3) is 0 Å². The van der Waals surface area contributed by atoms with Crippen LogP contribution in [0.3, 0.4) is 0 Å². The Morgan fingerprint density at radius 3 is 2.07 bits per heavy atom. The standard InChI is InChI=1S/C22H29F3O4/c1-7-11-15(2)17(14-18(26)20(3,4)5)29-19(27)21(28-6,22(23,24)25)16-12-9-8-10-13-16/h7-13,15,17H,14H2,1-6H3/b11-7+/t15-,17+,21-/m1/s1. The molecule has 0 aliphatic carbocycles. The number of alkyl halides is 3. The Morgan fingerprint density at radius 2 is 1.66 bits per heavy atom. The lowest BCUT2D eigenvalue weighted by molar-refractivity contribution is -0.278. The second-order valence-corrected chi connectivity index (χ2v) is 7.96. The van der Waals surface area contributed by atoms with Crippen molar-refractivity contribution in [2.24, 2.45) is 11.3 Å². The molecule has 0 spiro atoms. The van der Waals surface area contributed by atoms with E-state index in [1.165, 1.54) is 18.2 Å². The highest BCUT2D eigenvalue weighted by Gasteiger charge is 2.64. The van der Waals surface area contributed by atoms with Crippen molar-refractivity contribution in [3.63, 3.8) is 0 Å². The van der Waals surface area contributed by atoms with Crippen molar-refractivity contribution in [2.45, 2.75) is 58.9 Å². The predicted molar refractivity (Wildman–Crippen MR) is 104 cm³/mol. The number of carbonyl (C=O) groups is 2. The van der Waals surface area contributed by atoms with E-state index in [4.69, 9.17) is 9.47 Å². The molecule has 3 atom stereocenters. The van der Waals surface area contributed by atoms with Gasteiger partial charge in [-0.1, -0.05) is 70.2 Å². The van der Waals surface area contributed by atoms with E-state index in [2.05, 4.69) is 0 Å². The van der Waals surface area contributed by atoms with Crippen molar-refractivity contribution in [3.05, 3.63) is 48.0 Å². The van der Waals surface area contributed by atoms with Crippen LogP contribution in [-0.4, -0.2) is 31.1 Å². The summed E-state index contributed by atoms with van der Waals surface area (Å²) in [4.78, 5) is 25.4. The van der Waals surface area contributed by atoms with Crippen molar-refractivity contribution < 1.29 is 32.2 Å². The van der Waals surface area contributed by atoms with Gasteiger partial charge in [-0.15, -0.1) is 0 Å². The maximum Gasteiger partial charge on any atom is 0.432 e. The van der Waals surface area contributed by atoms with Gasteiger partial charge < -0.3 is 9.47 Å². The number of rotatable bonds is 8. The SMILES string of the molecule is C/C=C/[C@@H](C)[C@H](CC(=O)C(C)(C)C)OC(=O)[C@](OC)(c1ccccc1)C(F)(F)F. The Bertz CT molecular complexity index is 720. The van der Waals surface area contributed by atoms with Gasteiger partial charge in [-0.25, -0.2) is 4.79 Å². The minimum Gasteiger partial charge on any atom is -0.459 e. The molecule has 0 amide bonds. The summed E-state index contributed by atoms with van der Waals surface area (Å²) in [5, 5.41) is 0. The number of ether oxygens (including phenoxy) is 2. The van der Waals surface area contributed by atoms with Crippen LogP contribution in [0, 0.1) is 11.3 Å². The molecule has 0 fully saturated rings. The number of hydrogen-bond acceptors (Lipinski definition) is 4. The van der Waals surface area contributed by atoms with E-state index in [0.29, 0.717) is 0 Å². The summed E-state index contributed by atoms with van der Waals surface area (Å²) in [6, 6.07) is 6.60. The Morgan fingerprint density at radius 1 is 1.10 bits per heavy atom. The van der Waals surface area contributed by atoms with E-state index < -0.39 is 35.2 Å². The zero-order valence-corrected chi connectivity index (χ0v) is 17.7. The van der Waals surface area contributed by atoms with E-state index in [0.717, 1.165) is 19.2 Å². The van der Waals surface area contributed by atoms with Gasteiger partial charge in [-0.2, -0.15) is 13.2 Å². The van der Waals surface area contributed by atoms with Crippen molar-refractivity contribution in [1.29, 1.82) is 0 Å².